The zero-order chi connectivity index (χ0) is 10.1. The van der Waals surface area contributed by atoms with Crippen LogP contribution in [0.5, 0.6) is 0 Å². The molecule has 2 rings (SSSR count). The highest BCUT2D eigenvalue weighted by atomic mass is 35.5. The molecule has 0 aliphatic heterocycles. The molecule has 0 aliphatic carbocycles. The van der Waals surface area contributed by atoms with Crippen molar-refractivity contribution in [2.45, 2.75) is 0 Å². The quantitative estimate of drug-likeness (QED) is 0.749. The van der Waals surface area contributed by atoms with Gasteiger partial charge in [0.1, 0.15) is 0 Å². The van der Waals surface area contributed by atoms with Crippen LogP contribution in [0.15, 0.2) is 30.5 Å². The number of hydrogen-bond donors (Lipinski definition) is 2. The van der Waals surface area contributed by atoms with Gasteiger partial charge in [0.25, 0.3) is 0 Å². The molecule has 0 radical (unpaired) electrons. The second-order valence-electron chi connectivity index (χ2n) is 2.89. The van der Waals surface area contributed by atoms with Crippen molar-refractivity contribution in [2.24, 2.45) is 0 Å². The van der Waals surface area contributed by atoms with Crippen LogP contribution in [0, 0.1) is 0 Å². The molecule has 0 aliphatic rings. The molecule has 5 heteroatoms. The van der Waals surface area contributed by atoms with Crippen molar-refractivity contribution in [2.75, 3.05) is 11.5 Å². The standard InChI is InChI=1S/C9H9ClN4/c10-6-2-1-3-7(4-6)14-5-8(11)9(12)13-14/h1-5H,11H2,(H2,12,13). The van der Waals surface area contributed by atoms with Crippen LogP contribution in [0.1, 0.15) is 0 Å². The van der Waals surface area contributed by atoms with Crippen molar-refractivity contribution in [1.82, 2.24) is 9.78 Å². The van der Waals surface area contributed by atoms with Gasteiger partial charge < -0.3 is 11.5 Å². The Balaban J connectivity index is 2.49. The molecular formula is C9H9ClN4. The molecule has 72 valence electrons. The molecule has 4 nitrogen and oxygen atoms in total. The lowest BCUT2D eigenvalue weighted by molar-refractivity contribution is 0.886. The Morgan fingerprint density at radius 1 is 1.29 bits per heavy atom. The Bertz CT molecular complexity index is 444. The van der Waals surface area contributed by atoms with Crippen molar-refractivity contribution >= 4 is 23.1 Å². The van der Waals surface area contributed by atoms with E-state index in [1.165, 1.54) is 0 Å². The summed E-state index contributed by atoms with van der Waals surface area (Å²) in [6.45, 7) is 0. The van der Waals surface area contributed by atoms with E-state index in [0.717, 1.165) is 5.69 Å². The maximum Gasteiger partial charge on any atom is 0.169 e. The van der Waals surface area contributed by atoms with Gasteiger partial charge in [-0.2, -0.15) is 0 Å². The van der Waals surface area contributed by atoms with Crippen LogP contribution in [-0.2, 0) is 0 Å². The van der Waals surface area contributed by atoms with E-state index in [1.807, 2.05) is 12.1 Å². The van der Waals surface area contributed by atoms with E-state index >= 15 is 0 Å². The molecule has 0 amide bonds. The predicted molar refractivity (Wildman–Crippen MR) is 57.4 cm³/mol. The summed E-state index contributed by atoms with van der Waals surface area (Å²) in [6.07, 6.45) is 1.65. The molecular weight excluding hydrogens is 200 g/mol. The lowest BCUT2D eigenvalue weighted by atomic mass is 10.3. The molecule has 4 N–H and O–H groups in total. The molecule has 0 atom stereocenters. The SMILES string of the molecule is Nc1cn(-c2cccc(Cl)c2)nc1N. The highest BCUT2D eigenvalue weighted by Crippen LogP contribution is 2.18. The fourth-order valence-corrected chi connectivity index (χ4v) is 1.34. The number of nitrogen functional groups attached to an aromatic ring is 2. The first-order valence-corrected chi connectivity index (χ1v) is 4.41. The summed E-state index contributed by atoms with van der Waals surface area (Å²) >= 11 is 5.84. The van der Waals surface area contributed by atoms with Crippen LogP contribution in [-0.4, -0.2) is 9.78 Å². The number of nitrogens with two attached hydrogens (primary N) is 2. The molecule has 0 saturated heterocycles. The zero-order valence-electron chi connectivity index (χ0n) is 7.31. The zero-order valence-corrected chi connectivity index (χ0v) is 8.07. The smallest absolute Gasteiger partial charge is 0.169 e. The summed E-state index contributed by atoms with van der Waals surface area (Å²) in [4.78, 5) is 0. The van der Waals surface area contributed by atoms with Gasteiger partial charge in [-0.3, -0.25) is 0 Å². The maximum atomic E-state index is 5.84. The first kappa shape index (κ1) is 8.90. The van der Waals surface area contributed by atoms with Gasteiger partial charge in [0.2, 0.25) is 0 Å². The third-order valence-electron chi connectivity index (χ3n) is 1.85. The van der Waals surface area contributed by atoms with Crippen LogP contribution in [0.2, 0.25) is 5.02 Å². The molecule has 1 aromatic heterocycles. The van der Waals surface area contributed by atoms with Crippen molar-refractivity contribution in [3.63, 3.8) is 0 Å². The van der Waals surface area contributed by atoms with E-state index in [-0.39, 0.29) is 0 Å². The van der Waals surface area contributed by atoms with Crippen molar-refractivity contribution in [1.29, 1.82) is 0 Å². The fraction of sp³-hybridized carbons (Fsp3) is 0. The van der Waals surface area contributed by atoms with Gasteiger partial charge in [-0.25, -0.2) is 4.68 Å². The van der Waals surface area contributed by atoms with Gasteiger partial charge in [0, 0.05) is 5.02 Å². The van der Waals surface area contributed by atoms with E-state index in [9.17, 15) is 0 Å². The summed E-state index contributed by atoms with van der Waals surface area (Å²) in [7, 11) is 0. The molecule has 0 saturated carbocycles. The molecule has 1 heterocycles. The number of hydrogen-bond acceptors (Lipinski definition) is 3. The molecule has 0 bridgehead atoms. The minimum absolute atomic E-state index is 0.324. The summed E-state index contributed by atoms with van der Waals surface area (Å²) in [5.74, 6) is 0.324. The molecule has 14 heavy (non-hydrogen) atoms. The second-order valence-corrected chi connectivity index (χ2v) is 3.33. The van der Waals surface area contributed by atoms with Crippen LogP contribution in [0.3, 0.4) is 0 Å². The minimum atomic E-state index is 0.324. The topological polar surface area (TPSA) is 69.9 Å². The normalized spacial score (nSPS) is 10.4. The Morgan fingerprint density at radius 3 is 2.64 bits per heavy atom. The Kier molecular flexibility index (Phi) is 2.05. The van der Waals surface area contributed by atoms with Crippen molar-refractivity contribution in [3.8, 4) is 5.69 Å². The van der Waals surface area contributed by atoms with Gasteiger partial charge in [0.15, 0.2) is 5.82 Å². The molecule has 0 unspecified atom stereocenters. The van der Waals surface area contributed by atoms with Crippen molar-refractivity contribution in [3.05, 3.63) is 35.5 Å². The number of anilines is 2. The Morgan fingerprint density at radius 2 is 2.07 bits per heavy atom. The number of benzene rings is 1. The number of halogens is 1. The van der Waals surface area contributed by atoms with Crippen LogP contribution in [0.25, 0.3) is 5.69 Å². The van der Waals surface area contributed by atoms with E-state index in [2.05, 4.69) is 5.10 Å². The van der Waals surface area contributed by atoms with E-state index < -0.39 is 0 Å². The number of aromatic nitrogens is 2. The van der Waals surface area contributed by atoms with Gasteiger partial charge in [-0.1, -0.05) is 17.7 Å². The maximum absolute atomic E-state index is 5.84. The monoisotopic (exact) mass is 208 g/mol. The summed E-state index contributed by atoms with van der Waals surface area (Å²) in [6, 6.07) is 7.29. The highest BCUT2D eigenvalue weighted by molar-refractivity contribution is 6.30. The van der Waals surface area contributed by atoms with E-state index in [0.29, 0.717) is 16.5 Å². The van der Waals surface area contributed by atoms with Crippen LogP contribution in [0.4, 0.5) is 11.5 Å². The van der Waals surface area contributed by atoms with E-state index in [4.69, 9.17) is 23.1 Å². The molecule has 1 aromatic carbocycles. The molecule has 0 spiro atoms. The highest BCUT2D eigenvalue weighted by Gasteiger charge is 2.03. The lowest BCUT2D eigenvalue weighted by Crippen LogP contribution is -1.95. The lowest BCUT2D eigenvalue weighted by Gasteiger charge is -2.00. The summed E-state index contributed by atoms with van der Waals surface area (Å²) in [5.41, 5.74) is 12.4. The average molecular weight is 209 g/mol. The van der Waals surface area contributed by atoms with Gasteiger partial charge in [-0.05, 0) is 18.2 Å². The first-order valence-electron chi connectivity index (χ1n) is 4.03. The number of nitrogens with zero attached hydrogens (tertiary/aromatic N) is 2. The molecule has 2 aromatic rings. The second kappa shape index (κ2) is 3.23. The molecule has 0 fully saturated rings. The predicted octanol–water partition coefficient (Wildman–Crippen LogP) is 1.69. The Hall–Kier alpha value is -1.68. The van der Waals surface area contributed by atoms with Gasteiger partial charge >= 0.3 is 0 Å². The fourth-order valence-electron chi connectivity index (χ4n) is 1.15. The number of rotatable bonds is 1. The minimum Gasteiger partial charge on any atom is -0.394 e. The summed E-state index contributed by atoms with van der Waals surface area (Å²) < 4.78 is 1.59. The van der Waals surface area contributed by atoms with Gasteiger partial charge in [-0.15, -0.1) is 5.10 Å². The Labute approximate surface area is 86.1 Å². The third kappa shape index (κ3) is 1.52. The first-order chi connectivity index (χ1) is 6.66. The van der Waals surface area contributed by atoms with Crippen LogP contribution < -0.4 is 11.5 Å². The summed E-state index contributed by atoms with van der Waals surface area (Å²) in [5, 5.41) is 4.68. The van der Waals surface area contributed by atoms with Crippen LogP contribution >= 0.6 is 11.6 Å². The van der Waals surface area contributed by atoms with Crippen molar-refractivity contribution < 1.29 is 0 Å². The largest absolute Gasteiger partial charge is 0.394 e. The van der Waals surface area contributed by atoms with Gasteiger partial charge in [0.05, 0.1) is 17.6 Å². The third-order valence-corrected chi connectivity index (χ3v) is 2.08. The average Bonchev–Trinajstić information content (AvgIpc) is 2.47. The van der Waals surface area contributed by atoms with E-state index in [1.54, 1.807) is 23.0 Å².